The molecule has 1 heterocycles. The van der Waals surface area contributed by atoms with Crippen LogP contribution in [-0.4, -0.2) is 17.6 Å². The summed E-state index contributed by atoms with van der Waals surface area (Å²) in [6.45, 7) is 1.88. The van der Waals surface area contributed by atoms with Crippen LogP contribution in [0.4, 0.5) is 4.39 Å². The number of rotatable bonds is 4. The molecular formula is C12H9ClFNO4. The molecule has 0 aliphatic rings. The maximum atomic E-state index is 13.5. The van der Waals surface area contributed by atoms with Crippen molar-refractivity contribution in [1.82, 2.24) is 4.98 Å². The number of halogens is 2. The highest BCUT2D eigenvalue weighted by Gasteiger charge is 2.15. The molecule has 1 aromatic heterocycles. The molecule has 0 saturated heterocycles. The Bertz CT molecular complexity index is 599. The van der Waals surface area contributed by atoms with Gasteiger partial charge in [0.25, 0.3) is 0 Å². The third-order valence-corrected chi connectivity index (χ3v) is 2.29. The summed E-state index contributed by atoms with van der Waals surface area (Å²) in [6, 6.07) is 3.87. The summed E-state index contributed by atoms with van der Waals surface area (Å²) >= 11 is 5.60. The molecule has 0 radical (unpaired) electrons. The number of hydrogen-bond acceptors (Lipinski definition) is 5. The van der Waals surface area contributed by atoms with Crippen LogP contribution in [0, 0.1) is 5.82 Å². The van der Waals surface area contributed by atoms with Gasteiger partial charge in [-0.3, -0.25) is 0 Å². The lowest BCUT2D eigenvalue weighted by Gasteiger charge is -2.01. The second kappa shape index (κ2) is 5.71. The Morgan fingerprint density at radius 1 is 1.53 bits per heavy atom. The smallest absolute Gasteiger partial charge is 0.400 e. The molecule has 2 aromatic rings. The molecule has 5 nitrogen and oxygen atoms in total. The van der Waals surface area contributed by atoms with E-state index in [4.69, 9.17) is 25.5 Å². The molecule has 7 heteroatoms. The molecule has 0 N–H and O–H groups in total. The lowest BCUT2D eigenvalue weighted by atomic mass is 10.3. The monoisotopic (exact) mass is 285 g/mol. The van der Waals surface area contributed by atoms with Gasteiger partial charge in [0.2, 0.25) is 0 Å². The van der Waals surface area contributed by atoms with Crippen LogP contribution in [0.15, 0.2) is 28.9 Å². The van der Waals surface area contributed by atoms with E-state index in [1.165, 1.54) is 12.1 Å². The Kier molecular flexibility index (Phi) is 4.01. The second-order valence-corrected chi connectivity index (χ2v) is 3.83. The summed E-state index contributed by atoms with van der Waals surface area (Å²) in [4.78, 5) is 15.1. The topological polar surface area (TPSA) is 61.6 Å². The molecule has 0 bridgehead atoms. The quantitative estimate of drug-likeness (QED) is 0.805. The first kappa shape index (κ1) is 13.4. The van der Waals surface area contributed by atoms with Gasteiger partial charge in [-0.25, -0.2) is 9.18 Å². The van der Waals surface area contributed by atoms with Crippen LogP contribution < -0.4 is 4.74 Å². The fraction of sp³-hybridized carbons (Fsp3) is 0.167. The minimum atomic E-state index is -0.664. The molecular weight excluding hydrogens is 277 g/mol. The molecule has 2 rings (SSSR count). The van der Waals surface area contributed by atoms with Gasteiger partial charge < -0.3 is 13.9 Å². The summed E-state index contributed by atoms with van der Waals surface area (Å²) in [7, 11) is 0. The van der Waals surface area contributed by atoms with Gasteiger partial charge in [0.05, 0.1) is 6.61 Å². The number of carbonyl (C=O) groups is 1. The van der Waals surface area contributed by atoms with E-state index in [0.717, 1.165) is 12.3 Å². The molecule has 100 valence electrons. The maximum absolute atomic E-state index is 13.5. The van der Waals surface area contributed by atoms with Crippen LogP contribution in [0.5, 0.6) is 11.8 Å². The first-order valence-corrected chi connectivity index (χ1v) is 5.73. The number of ether oxygens (including phenoxy) is 2. The van der Waals surface area contributed by atoms with Crippen LogP contribution in [0.25, 0.3) is 0 Å². The van der Waals surface area contributed by atoms with E-state index in [-0.39, 0.29) is 29.1 Å². The van der Waals surface area contributed by atoms with Crippen molar-refractivity contribution < 1.29 is 23.1 Å². The first-order valence-electron chi connectivity index (χ1n) is 5.35. The van der Waals surface area contributed by atoms with Crippen LogP contribution >= 0.6 is 11.6 Å². The highest BCUT2D eigenvalue weighted by atomic mass is 35.5. The third kappa shape index (κ3) is 3.23. The number of esters is 1. The minimum absolute atomic E-state index is 0.0498. The standard InChI is InChI=1S/C12H9ClFNO4/c1-2-17-11(16)9-6-18-12(15-9)19-10-4-3-7(13)5-8(10)14/h3-6H,2H2,1H3. The number of benzene rings is 1. The minimum Gasteiger partial charge on any atom is -0.461 e. The normalized spacial score (nSPS) is 10.3. The average Bonchev–Trinajstić information content (AvgIpc) is 2.82. The van der Waals surface area contributed by atoms with Gasteiger partial charge in [0, 0.05) is 5.02 Å². The van der Waals surface area contributed by atoms with E-state index >= 15 is 0 Å². The molecule has 0 aliphatic heterocycles. The van der Waals surface area contributed by atoms with E-state index in [2.05, 4.69) is 4.98 Å². The molecule has 0 saturated carbocycles. The lowest BCUT2D eigenvalue weighted by Crippen LogP contribution is -2.04. The van der Waals surface area contributed by atoms with Gasteiger partial charge in [0.15, 0.2) is 17.3 Å². The van der Waals surface area contributed by atoms with Crippen molar-refractivity contribution in [3.8, 4) is 11.8 Å². The van der Waals surface area contributed by atoms with Crippen molar-refractivity contribution in [2.75, 3.05) is 6.61 Å². The van der Waals surface area contributed by atoms with E-state index < -0.39 is 11.8 Å². The first-order chi connectivity index (χ1) is 9.10. The lowest BCUT2D eigenvalue weighted by molar-refractivity contribution is 0.0519. The zero-order chi connectivity index (χ0) is 13.8. The zero-order valence-corrected chi connectivity index (χ0v) is 10.6. The number of hydrogen-bond donors (Lipinski definition) is 0. The summed E-state index contributed by atoms with van der Waals surface area (Å²) in [5, 5.41) is 0.240. The SMILES string of the molecule is CCOC(=O)c1coc(Oc2ccc(Cl)cc2F)n1. The summed E-state index contributed by atoms with van der Waals surface area (Å²) in [5.74, 6) is -1.41. The van der Waals surface area contributed by atoms with E-state index in [0.29, 0.717) is 0 Å². The highest BCUT2D eigenvalue weighted by molar-refractivity contribution is 6.30. The van der Waals surface area contributed by atoms with Gasteiger partial charge in [-0.15, -0.1) is 0 Å². The van der Waals surface area contributed by atoms with E-state index in [1.54, 1.807) is 6.92 Å². The Labute approximate surface area is 112 Å². The van der Waals surface area contributed by atoms with Crippen molar-refractivity contribution >= 4 is 17.6 Å². The molecule has 0 atom stereocenters. The van der Waals surface area contributed by atoms with E-state index in [1.807, 2.05) is 0 Å². The van der Waals surface area contributed by atoms with Crippen molar-refractivity contribution in [3.05, 3.63) is 41.0 Å². The summed E-state index contributed by atoms with van der Waals surface area (Å²) in [5.41, 5.74) is -0.0498. The van der Waals surface area contributed by atoms with Crippen LogP contribution in [0.2, 0.25) is 5.02 Å². The number of carbonyl (C=O) groups excluding carboxylic acids is 1. The van der Waals surface area contributed by atoms with Crippen LogP contribution in [0.3, 0.4) is 0 Å². The largest absolute Gasteiger partial charge is 0.461 e. The summed E-state index contributed by atoms with van der Waals surface area (Å²) < 4.78 is 28.1. The maximum Gasteiger partial charge on any atom is 0.400 e. The van der Waals surface area contributed by atoms with Gasteiger partial charge in [-0.1, -0.05) is 11.6 Å². The molecule has 0 aliphatic carbocycles. The average molecular weight is 286 g/mol. The van der Waals surface area contributed by atoms with Crippen molar-refractivity contribution in [1.29, 1.82) is 0 Å². The fourth-order valence-electron chi connectivity index (χ4n) is 1.25. The molecule has 0 unspecified atom stereocenters. The Hall–Kier alpha value is -2.08. The summed E-state index contributed by atoms with van der Waals surface area (Å²) in [6.07, 6.45) is 0.811. The van der Waals surface area contributed by atoms with E-state index in [9.17, 15) is 9.18 Å². The Morgan fingerprint density at radius 2 is 2.32 bits per heavy atom. The number of oxazole rings is 1. The highest BCUT2D eigenvalue weighted by Crippen LogP contribution is 2.26. The molecule has 0 fully saturated rings. The number of nitrogens with zero attached hydrogens (tertiary/aromatic N) is 1. The van der Waals surface area contributed by atoms with Crippen molar-refractivity contribution in [3.63, 3.8) is 0 Å². The number of aromatic nitrogens is 1. The van der Waals surface area contributed by atoms with Crippen LogP contribution in [0.1, 0.15) is 17.4 Å². The van der Waals surface area contributed by atoms with Crippen LogP contribution in [-0.2, 0) is 4.74 Å². The molecule has 19 heavy (non-hydrogen) atoms. The van der Waals surface area contributed by atoms with Gasteiger partial charge in [0.1, 0.15) is 6.26 Å². The molecule has 0 spiro atoms. The Morgan fingerprint density at radius 3 is 3.00 bits per heavy atom. The van der Waals surface area contributed by atoms with Gasteiger partial charge in [-0.05, 0) is 25.1 Å². The van der Waals surface area contributed by atoms with Crippen molar-refractivity contribution in [2.45, 2.75) is 6.92 Å². The van der Waals surface area contributed by atoms with Gasteiger partial charge in [-0.2, -0.15) is 4.98 Å². The predicted molar refractivity (Wildman–Crippen MR) is 63.9 cm³/mol. The molecule has 1 aromatic carbocycles. The fourth-order valence-corrected chi connectivity index (χ4v) is 1.41. The predicted octanol–water partition coefficient (Wildman–Crippen LogP) is 3.44. The zero-order valence-electron chi connectivity index (χ0n) is 9.85. The second-order valence-electron chi connectivity index (χ2n) is 3.40. The molecule has 0 amide bonds. The van der Waals surface area contributed by atoms with Crippen molar-refractivity contribution in [2.24, 2.45) is 0 Å². The Balaban J connectivity index is 2.13. The third-order valence-electron chi connectivity index (χ3n) is 2.06. The van der Waals surface area contributed by atoms with Gasteiger partial charge >= 0.3 is 12.0 Å².